The van der Waals surface area contributed by atoms with E-state index in [0.717, 1.165) is 25.9 Å². The van der Waals surface area contributed by atoms with E-state index in [1.54, 1.807) is 4.31 Å². The summed E-state index contributed by atoms with van der Waals surface area (Å²) in [6.45, 7) is 7.72. The van der Waals surface area contributed by atoms with Crippen molar-refractivity contribution in [3.63, 3.8) is 0 Å². The zero-order valence-electron chi connectivity index (χ0n) is 12.6. The second-order valence-corrected chi connectivity index (χ2v) is 6.96. The minimum absolute atomic E-state index is 0. The first-order valence-corrected chi connectivity index (χ1v) is 8.73. The summed E-state index contributed by atoms with van der Waals surface area (Å²) in [6.07, 6.45) is 2.99. The van der Waals surface area contributed by atoms with Gasteiger partial charge in [0.15, 0.2) is 5.96 Å². The van der Waals surface area contributed by atoms with Gasteiger partial charge in [0.2, 0.25) is 10.0 Å². The van der Waals surface area contributed by atoms with E-state index in [0.29, 0.717) is 31.5 Å². The lowest BCUT2D eigenvalue weighted by atomic mass is 9.98. The predicted octanol–water partition coefficient (Wildman–Crippen LogP) is 0.932. The third-order valence-electron chi connectivity index (χ3n) is 3.64. The molecule has 20 heavy (non-hydrogen) atoms. The Bertz CT molecular complexity index is 402. The van der Waals surface area contributed by atoms with E-state index >= 15 is 0 Å². The van der Waals surface area contributed by atoms with Crippen molar-refractivity contribution in [1.82, 2.24) is 9.21 Å². The minimum atomic E-state index is -3.04. The number of hydrogen-bond acceptors (Lipinski definition) is 3. The quantitative estimate of drug-likeness (QED) is 0.410. The molecule has 0 bridgehead atoms. The van der Waals surface area contributed by atoms with Gasteiger partial charge in [0.05, 0.1) is 6.26 Å². The highest BCUT2D eigenvalue weighted by molar-refractivity contribution is 14.0. The van der Waals surface area contributed by atoms with Gasteiger partial charge in [0.1, 0.15) is 0 Å². The van der Waals surface area contributed by atoms with Gasteiger partial charge in [-0.3, -0.25) is 4.99 Å². The molecule has 2 N–H and O–H groups in total. The van der Waals surface area contributed by atoms with Gasteiger partial charge in [-0.25, -0.2) is 12.7 Å². The molecule has 0 aromatic rings. The fourth-order valence-electron chi connectivity index (χ4n) is 2.29. The summed E-state index contributed by atoms with van der Waals surface area (Å²) in [7, 11) is -3.04. The smallest absolute Gasteiger partial charge is 0.211 e. The van der Waals surface area contributed by atoms with Crippen LogP contribution in [-0.2, 0) is 10.0 Å². The van der Waals surface area contributed by atoms with Gasteiger partial charge in [-0.2, -0.15) is 0 Å². The minimum Gasteiger partial charge on any atom is -0.370 e. The van der Waals surface area contributed by atoms with Crippen molar-refractivity contribution in [2.45, 2.75) is 26.7 Å². The molecule has 0 unspecified atom stereocenters. The Balaban J connectivity index is 0.00000361. The zero-order valence-corrected chi connectivity index (χ0v) is 15.7. The Morgan fingerprint density at radius 2 is 1.80 bits per heavy atom. The molecule has 0 radical (unpaired) electrons. The van der Waals surface area contributed by atoms with Gasteiger partial charge in [-0.05, 0) is 32.6 Å². The first kappa shape index (κ1) is 19.9. The lowest BCUT2D eigenvalue weighted by molar-refractivity contribution is 0.279. The Hall–Kier alpha value is -0.0900. The van der Waals surface area contributed by atoms with E-state index in [1.807, 2.05) is 4.90 Å². The number of nitrogens with zero attached hydrogens (tertiary/aromatic N) is 3. The summed E-state index contributed by atoms with van der Waals surface area (Å²) in [4.78, 5) is 6.45. The third kappa shape index (κ3) is 6.13. The molecule has 0 amide bonds. The van der Waals surface area contributed by atoms with Crippen LogP contribution in [0, 0.1) is 5.92 Å². The lowest BCUT2D eigenvalue weighted by Gasteiger charge is -2.29. The maximum atomic E-state index is 11.4. The van der Waals surface area contributed by atoms with Crippen LogP contribution in [0.25, 0.3) is 0 Å². The molecule has 0 aromatic carbocycles. The molecule has 0 aromatic heterocycles. The summed E-state index contributed by atoms with van der Waals surface area (Å²) < 4.78 is 24.3. The van der Waals surface area contributed by atoms with E-state index < -0.39 is 10.0 Å². The molecule has 1 aliphatic rings. The van der Waals surface area contributed by atoms with Crippen LogP contribution in [0.4, 0.5) is 0 Å². The number of nitrogens with two attached hydrogens (primary N) is 1. The van der Waals surface area contributed by atoms with Crippen molar-refractivity contribution in [3.05, 3.63) is 0 Å². The molecule has 8 heteroatoms. The number of aliphatic imine (C=N–C) groups is 1. The predicted molar refractivity (Wildman–Crippen MR) is 94.0 cm³/mol. The standard InChI is InChI=1S/C12H26N4O2S.HI/c1-4-15(5-2)12(13)14-10-11-6-8-16(9-7-11)19(3,17)18;/h11H,4-10H2,1-3H3,(H2,13,14);1H. The Morgan fingerprint density at radius 3 is 2.20 bits per heavy atom. The normalized spacial score (nSPS) is 18.6. The van der Waals surface area contributed by atoms with Crippen LogP contribution in [0.5, 0.6) is 0 Å². The Morgan fingerprint density at radius 1 is 1.30 bits per heavy atom. The first-order chi connectivity index (χ1) is 8.88. The van der Waals surface area contributed by atoms with Gasteiger partial charge >= 0.3 is 0 Å². The van der Waals surface area contributed by atoms with Crippen LogP contribution in [0.3, 0.4) is 0 Å². The van der Waals surface area contributed by atoms with Crippen LogP contribution < -0.4 is 5.73 Å². The number of rotatable bonds is 5. The van der Waals surface area contributed by atoms with E-state index in [9.17, 15) is 8.42 Å². The van der Waals surface area contributed by atoms with E-state index in [4.69, 9.17) is 5.73 Å². The SMILES string of the molecule is CCN(CC)C(N)=NCC1CCN(S(C)(=O)=O)CC1.I. The molecule has 0 saturated carbocycles. The maximum Gasteiger partial charge on any atom is 0.211 e. The molecule has 1 heterocycles. The lowest BCUT2D eigenvalue weighted by Crippen LogP contribution is -2.39. The third-order valence-corrected chi connectivity index (χ3v) is 4.94. The highest BCUT2D eigenvalue weighted by Gasteiger charge is 2.24. The molecule has 0 aliphatic carbocycles. The summed E-state index contributed by atoms with van der Waals surface area (Å²) in [5, 5.41) is 0. The fourth-order valence-corrected chi connectivity index (χ4v) is 3.17. The van der Waals surface area contributed by atoms with Gasteiger partial charge in [0, 0.05) is 32.7 Å². The number of guanidine groups is 1. The van der Waals surface area contributed by atoms with Gasteiger partial charge in [-0.1, -0.05) is 0 Å². The summed E-state index contributed by atoms with van der Waals surface area (Å²) in [5.41, 5.74) is 5.92. The van der Waals surface area contributed by atoms with Crippen LogP contribution in [0.2, 0.25) is 0 Å². The average molecular weight is 418 g/mol. The molecule has 0 spiro atoms. The monoisotopic (exact) mass is 418 g/mol. The van der Waals surface area contributed by atoms with Crippen molar-refractivity contribution < 1.29 is 8.42 Å². The van der Waals surface area contributed by atoms with Crippen LogP contribution in [0.1, 0.15) is 26.7 Å². The number of sulfonamides is 1. The molecule has 1 rings (SSSR count). The highest BCUT2D eigenvalue weighted by Crippen LogP contribution is 2.19. The van der Waals surface area contributed by atoms with Crippen molar-refractivity contribution in [3.8, 4) is 0 Å². The molecule has 1 aliphatic heterocycles. The zero-order chi connectivity index (χ0) is 14.5. The van der Waals surface area contributed by atoms with Crippen LogP contribution in [-0.4, -0.2) is 62.6 Å². The molecule has 1 fully saturated rings. The van der Waals surface area contributed by atoms with Gasteiger partial charge in [0.25, 0.3) is 0 Å². The molecule has 1 saturated heterocycles. The Kier molecular flexibility index (Phi) is 8.99. The van der Waals surface area contributed by atoms with Crippen molar-refractivity contribution in [2.75, 3.05) is 39.0 Å². The van der Waals surface area contributed by atoms with Crippen molar-refractivity contribution in [2.24, 2.45) is 16.6 Å². The molecule has 6 nitrogen and oxygen atoms in total. The van der Waals surface area contributed by atoms with E-state index in [2.05, 4.69) is 18.8 Å². The number of hydrogen-bond donors (Lipinski definition) is 1. The van der Waals surface area contributed by atoms with Crippen molar-refractivity contribution in [1.29, 1.82) is 0 Å². The Labute approximate surface area is 139 Å². The summed E-state index contributed by atoms with van der Waals surface area (Å²) in [5.74, 6) is 1.03. The number of piperidine rings is 1. The van der Waals surface area contributed by atoms with Gasteiger partial charge in [-0.15, -0.1) is 24.0 Å². The average Bonchev–Trinajstić information content (AvgIpc) is 2.37. The second-order valence-electron chi connectivity index (χ2n) is 4.98. The van der Waals surface area contributed by atoms with Crippen molar-refractivity contribution >= 4 is 40.0 Å². The second kappa shape index (κ2) is 9.04. The van der Waals surface area contributed by atoms with Crippen LogP contribution >= 0.6 is 24.0 Å². The van der Waals surface area contributed by atoms with Gasteiger partial charge < -0.3 is 10.6 Å². The molecular formula is C12H27IN4O2S. The highest BCUT2D eigenvalue weighted by atomic mass is 127. The van der Waals surface area contributed by atoms with Crippen LogP contribution in [0.15, 0.2) is 4.99 Å². The maximum absolute atomic E-state index is 11.4. The molecule has 120 valence electrons. The van der Waals surface area contributed by atoms with E-state index in [-0.39, 0.29) is 24.0 Å². The summed E-state index contributed by atoms with van der Waals surface area (Å²) >= 11 is 0. The van der Waals surface area contributed by atoms with E-state index in [1.165, 1.54) is 6.26 Å². The summed E-state index contributed by atoms with van der Waals surface area (Å²) in [6, 6.07) is 0. The largest absolute Gasteiger partial charge is 0.370 e. The fraction of sp³-hybridized carbons (Fsp3) is 0.917. The molecular weight excluding hydrogens is 391 g/mol. The number of halogens is 1. The topological polar surface area (TPSA) is 79.0 Å². The molecule has 0 atom stereocenters. The first-order valence-electron chi connectivity index (χ1n) is 6.88.